The van der Waals surface area contributed by atoms with E-state index in [-0.39, 0.29) is 46.4 Å². The largest absolute Gasteiger partial charge is 0.395 e. The quantitative estimate of drug-likeness (QED) is 0.657. The monoisotopic (exact) mass is 461 g/mol. The maximum absolute atomic E-state index is 13.3. The zero-order valence-electron chi connectivity index (χ0n) is 15.8. The number of rotatable bonds is 4. The molecule has 0 amide bonds. The van der Waals surface area contributed by atoms with Gasteiger partial charge in [0, 0.05) is 13.1 Å². The number of piperidine rings is 1. The third-order valence-corrected chi connectivity index (χ3v) is 8.09. The van der Waals surface area contributed by atoms with Crippen molar-refractivity contribution >= 4 is 32.7 Å². The molecule has 6 nitrogen and oxygen atoms in total. The Balaban J connectivity index is 1.48. The Bertz CT molecular complexity index is 1100. The lowest BCUT2D eigenvalue weighted by Crippen LogP contribution is -2.39. The van der Waals surface area contributed by atoms with Gasteiger partial charge in [-0.3, -0.25) is 0 Å². The minimum absolute atomic E-state index is 0.0148. The molecule has 0 saturated carbocycles. The average molecular weight is 462 g/mol. The van der Waals surface area contributed by atoms with E-state index in [4.69, 9.17) is 11.6 Å². The van der Waals surface area contributed by atoms with Gasteiger partial charge in [0.15, 0.2) is 5.52 Å². The first-order chi connectivity index (χ1) is 14.2. The van der Waals surface area contributed by atoms with E-state index < -0.39 is 22.1 Å². The Kier molecular flexibility index (Phi) is 5.67. The molecule has 1 aromatic heterocycles. The molecule has 30 heavy (non-hydrogen) atoms. The first kappa shape index (κ1) is 21.3. The van der Waals surface area contributed by atoms with E-state index in [2.05, 4.69) is 14.9 Å². The van der Waals surface area contributed by atoms with E-state index in [1.807, 2.05) is 0 Å². The van der Waals surface area contributed by atoms with Gasteiger partial charge in [-0.05, 0) is 54.0 Å². The van der Waals surface area contributed by atoms with Crippen molar-refractivity contribution in [1.29, 1.82) is 0 Å². The highest BCUT2D eigenvalue weighted by molar-refractivity contribution is 7.89. The maximum atomic E-state index is 13.3. The fourth-order valence-electron chi connectivity index (χ4n) is 4.09. The molecule has 11 heteroatoms. The van der Waals surface area contributed by atoms with Crippen molar-refractivity contribution in [2.45, 2.75) is 36.8 Å². The van der Waals surface area contributed by atoms with Crippen LogP contribution in [0.4, 0.5) is 13.2 Å². The average Bonchev–Trinajstić information content (AvgIpc) is 3.16. The molecule has 0 radical (unpaired) electrons. The number of hydrogen-bond donors (Lipinski definition) is 0. The van der Waals surface area contributed by atoms with Gasteiger partial charge >= 0.3 is 6.18 Å². The molecule has 4 rings (SSSR count). The molecule has 0 spiro atoms. The summed E-state index contributed by atoms with van der Waals surface area (Å²) in [6, 6.07) is 2.94. The number of fused-ring (bicyclic) bond motifs is 1. The van der Waals surface area contributed by atoms with E-state index >= 15 is 0 Å². The third kappa shape index (κ3) is 4.00. The van der Waals surface area contributed by atoms with Crippen LogP contribution >= 0.6 is 11.6 Å². The molecule has 1 aliphatic carbocycles. The summed E-state index contributed by atoms with van der Waals surface area (Å²) in [6.07, 6.45) is 1.66. The molecule has 0 N–H and O–H groups in total. The van der Waals surface area contributed by atoms with Crippen molar-refractivity contribution < 1.29 is 26.2 Å². The van der Waals surface area contributed by atoms with Gasteiger partial charge in [-0.25, -0.2) is 13.0 Å². The highest BCUT2D eigenvalue weighted by atomic mass is 35.5. The van der Waals surface area contributed by atoms with Crippen molar-refractivity contribution in [2.75, 3.05) is 13.1 Å². The Hall–Kier alpha value is -1.91. The predicted molar refractivity (Wildman–Crippen MR) is 104 cm³/mol. The summed E-state index contributed by atoms with van der Waals surface area (Å²) in [5.74, 6) is -1.47. The molecular weight excluding hydrogens is 443 g/mol. The van der Waals surface area contributed by atoms with Crippen LogP contribution in [0.2, 0.25) is 5.02 Å². The van der Waals surface area contributed by atoms with Gasteiger partial charge in [-0.15, -0.1) is 0 Å². The molecule has 1 unspecified atom stereocenters. The van der Waals surface area contributed by atoms with Crippen LogP contribution in [0.25, 0.3) is 11.0 Å². The van der Waals surface area contributed by atoms with Crippen LogP contribution in [-0.2, 0) is 10.0 Å². The normalized spacial score (nSPS) is 21.9. The van der Waals surface area contributed by atoms with Gasteiger partial charge in [0.1, 0.15) is 10.4 Å². The molecule has 1 aliphatic heterocycles. The smallest absolute Gasteiger partial charge is 0.243 e. The fraction of sp³-hybridized carbons (Fsp3) is 0.474. The molecule has 162 valence electrons. The standard InChI is InChI=1S/C19H19ClF3N3O3S/c20-15-5-6-16-17(25-29-24-16)18(15)30(27,28)26-9-7-12(8-10-26)11-13-3-1-2-4-14(13)19(21,22)23/h1-3,5-6,12,14H,4,7-11H2. The van der Waals surface area contributed by atoms with Crippen LogP contribution in [0.15, 0.2) is 45.5 Å². The molecule has 0 bridgehead atoms. The van der Waals surface area contributed by atoms with E-state index in [0.29, 0.717) is 24.8 Å². The number of nitrogens with zero attached hydrogens (tertiary/aromatic N) is 3. The third-order valence-electron chi connectivity index (χ3n) is 5.69. The zero-order chi connectivity index (χ0) is 21.5. The second-order valence-corrected chi connectivity index (χ2v) is 9.84. The second-order valence-electron chi connectivity index (χ2n) is 7.56. The van der Waals surface area contributed by atoms with E-state index in [1.165, 1.54) is 22.5 Å². The summed E-state index contributed by atoms with van der Waals surface area (Å²) < 4.78 is 72.2. The number of sulfonamides is 1. The summed E-state index contributed by atoms with van der Waals surface area (Å²) in [5, 5.41) is 7.34. The van der Waals surface area contributed by atoms with Crippen LogP contribution in [0.1, 0.15) is 25.7 Å². The number of alkyl halides is 3. The van der Waals surface area contributed by atoms with Crippen molar-refractivity contribution in [3.63, 3.8) is 0 Å². The first-order valence-electron chi connectivity index (χ1n) is 9.51. The fourth-order valence-corrected chi connectivity index (χ4v) is 6.19. The van der Waals surface area contributed by atoms with Crippen LogP contribution < -0.4 is 0 Å². The zero-order valence-corrected chi connectivity index (χ0v) is 17.3. The lowest BCUT2D eigenvalue weighted by Gasteiger charge is -2.33. The second kappa shape index (κ2) is 7.97. The molecule has 1 fully saturated rings. The van der Waals surface area contributed by atoms with Gasteiger partial charge in [0.2, 0.25) is 10.0 Å². The highest BCUT2D eigenvalue weighted by Crippen LogP contribution is 2.41. The molecule has 2 aliphatic rings. The highest BCUT2D eigenvalue weighted by Gasteiger charge is 2.42. The summed E-state index contributed by atoms with van der Waals surface area (Å²) >= 11 is 6.14. The number of hydrogen-bond acceptors (Lipinski definition) is 5. The van der Waals surface area contributed by atoms with Crippen molar-refractivity contribution in [1.82, 2.24) is 14.6 Å². The number of aromatic nitrogens is 2. The minimum atomic E-state index is -4.28. The Labute approximate surface area is 176 Å². The molecule has 1 saturated heterocycles. The number of benzene rings is 1. The van der Waals surface area contributed by atoms with E-state index in [0.717, 1.165) is 0 Å². The summed E-state index contributed by atoms with van der Waals surface area (Å²) in [6.45, 7) is 0.398. The number of halogens is 4. The SMILES string of the molecule is O=S(=O)(c1c(Cl)ccc2nonc12)N1CCC(CC2=CC=CCC2C(F)(F)F)CC1. The van der Waals surface area contributed by atoms with E-state index in [1.54, 1.807) is 12.2 Å². The molecule has 2 heterocycles. The van der Waals surface area contributed by atoms with Crippen molar-refractivity contribution in [2.24, 2.45) is 11.8 Å². The van der Waals surface area contributed by atoms with Crippen LogP contribution in [0.3, 0.4) is 0 Å². The number of allylic oxidation sites excluding steroid dienone is 4. The Morgan fingerprint density at radius 2 is 1.93 bits per heavy atom. The van der Waals surface area contributed by atoms with Crippen LogP contribution in [-0.4, -0.2) is 42.3 Å². The minimum Gasteiger partial charge on any atom is -0.243 e. The lowest BCUT2D eigenvalue weighted by molar-refractivity contribution is -0.164. The lowest BCUT2D eigenvalue weighted by atomic mass is 9.82. The van der Waals surface area contributed by atoms with Gasteiger partial charge in [-0.1, -0.05) is 35.4 Å². The van der Waals surface area contributed by atoms with Gasteiger partial charge in [-0.2, -0.15) is 17.5 Å². The molecular formula is C19H19ClF3N3O3S. The Morgan fingerprint density at radius 1 is 1.20 bits per heavy atom. The predicted octanol–water partition coefficient (Wildman–Crippen LogP) is 4.73. The summed E-state index contributed by atoms with van der Waals surface area (Å²) in [4.78, 5) is -0.154. The van der Waals surface area contributed by atoms with Crippen LogP contribution in [0, 0.1) is 11.8 Å². The molecule has 1 atom stereocenters. The Morgan fingerprint density at radius 3 is 2.63 bits per heavy atom. The molecule has 1 aromatic carbocycles. The van der Waals surface area contributed by atoms with Gasteiger partial charge in [0.05, 0.1) is 10.9 Å². The van der Waals surface area contributed by atoms with Crippen LogP contribution in [0.5, 0.6) is 0 Å². The van der Waals surface area contributed by atoms with Gasteiger partial charge in [0.25, 0.3) is 0 Å². The molecule has 2 aromatic rings. The first-order valence-corrected chi connectivity index (χ1v) is 11.3. The van der Waals surface area contributed by atoms with Gasteiger partial charge < -0.3 is 0 Å². The maximum Gasteiger partial charge on any atom is 0.395 e. The summed E-state index contributed by atoms with van der Waals surface area (Å²) in [5.41, 5.74) is 0.716. The topological polar surface area (TPSA) is 76.3 Å². The van der Waals surface area contributed by atoms with E-state index in [9.17, 15) is 21.6 Å². The summed E-state index contributed by atoms with van der Waals surface area (Å²) in [7, 11) is -3.95. The van der Waals surface area contributed by atoms with Crippen molar-refractivity contribution in [3.05, 3.63) is 41.0 Å². The van der Waals surface area contributed by atoms with Crippen molar-refractivity contribution in [3.8, 4) is 0 Å².